The Morgan fingerprint density at radius 1 is 1.04 bits per heavy atom. The highest BCUT2D eigenvalue weighted by Crippen LogP contribution is 2.36. The summed E-state index contributed by atoms with van der Waals surface area (Å²) >= 11 is 1.93. The van der Waals surface area contributed by atoms with Crippen LogP contribution in [-0.4, -0.2) is 17.8 Å². The van der Waals surface area contributed by atoms with E-state index in [2.05, 4.69) is 17.1 Å². The first kappa shape index (κ1) is 15.3. The van der Waals surface area contributed by atoms with Gasteiger partial charge in [-0.2, -0.15) is 0 Å². The van der Waals surface area contributed by atoms with Crippen LogP contribution >= 0.6 is 11.8 Å². The van der Waals surface area contributed by atoms with Gasteiger partial charge in [0.2, 0.25) is 0 Å². The van der Waals surface area contributed by atoms with Crippen molar-refractivity contribution in [2.24, 2.45) is 5.92 Å². The molecule has 122 valence electrons. The van der Waals surface area contributed by atoms with E-state index in [-0.39, 0.29) is 0 Å². The first-order valence-corrected chi connectivity index (χ1v) is 9.14. The van der Waals surface area contributed by atoms with E-state index in [1.54, 1.807) is 13.3 Å². The van der Waals surface area contributed by atoms with Gasteiger partial charge in [-0.15, -0.1) is 11.8 Å². The summed E-state index contributed by atoms with van der Waals surface area (Å²) < 4.78 is 11.3. The zero-order valence-electron chi connectivity index (χ0n) is 13.6. The number of hydrogen-bond acceptors (Lipinski definition) is 4. The van der Waals surface area contributed by atoms with Gasteiger partial charge in [-0.3, -0.25) is 4.98 Å². The normalized spacial score (nSPS) is 13.9. The monoisotopic (exact) mass is 337 g/mol. The molecule has 1 aliphatic carbocycles. The average Bonchev–Trinajstić information content (AvgIpc) is 3.45. The molecule has 0 bridgehead atoms. The summed E-state index contributed by atoms with van der Waals surface area (Å²) in [5, 5.41) is 0.977. The lowest BCUT2D eigenvalue weighted by atomic mass is 10.2. The zero-order chi connectivity index (χ0) is 16.4. The lowest BCUT2D eigenvalue weighted by Gasteiger charge is -2.10. The maximum atomic E-state index is 6.07. The van der Waals surface area contributed by atoms with Crippen LogP contribution in [-0.2, 0) is 0 Å². The topological polar surface area (TPSA) is 31.4 Å². The summed E-state index contributed by atoms with van der Waals surface area (Å²) in [7, 11) is 1.66. The molecule has 2 aromatic carbocycles. The van der Waals surface area contributed by atoms with Gasteiger partial charge < -0.3 is 9.47 Å². The third-order valence-corrected chi connectivity index (χ3v) is 5.39. The van der Waals surface area contributed by atoms with Crippen molar-refractivity contribution in [3.8, 4) is 17.2 Å². The molecule has 4 heteroatoms. The van der Waals surface area contributed by atoms with E-state index < -0.39 is 0 Å². The van der Waals surface area contributed by atoms with Crippen molar-refractivity contribution >= 4 is 22.7 Å². The SMILES string of the molecule is COc1ccc2c(Oc3ccc(SCC4CC4)cc3)ccnc2c1. The lowest BCUT2D eigenvalue weighted by Crippen LogP contribution is -1.89. The molecule has 1 aliphatic rings. The number of hydrogen-bond donors (Lipinski definition) is 0. The van der Waals surface area contributed by atoms with E-state index in [1.165, 1.54) is 23.5 Å². The molecule has 3 nitrogen and oxygen atoms in total. The maximum Gasteiger partial charge on any atom is 0.138 e. The van der Waals surface area contributed by atoms with Gasteiger partial charge in [0.05, 0.1) is 12.6 Å². The molecule has 1 saturated carbocycles. The maximum absolute atomic E-state index is 6.07. The lowest BCUT2D eigenvalue weighted by molar-refractivity contribution is 0.415. The van der Waals surface area contributed by atoms with Crippen LogP contribution in [0.4, 0.5) is 0 Å². The van der Waals surface area contributed by atoms with E-state index in [9.17, 15) is 0 Å². The number of benzene rings is 2. The highest BCUT2D eigenvalue weighted by atomic mass is 32.2. The second-order valence-electron chi connectivity index (χ2n) is 6.02. The Kier molecular flexibility index (Phi) is 4.30. The number of thioether (sulfide) groups is 1. The minimum atomic E-state index is 0.796. The van der Waals surface area contributed by atoms with Gasteiger partial charge in [-0.05, 0) is 61.2 Å². The summed E-state index contributed by atoms with van der Waals surface area (Å²) in [5.74, 6) is 4.61. The minimum absolute atomic E-state index is 0.796. The Morgan fingerprint density at radius 2 is 1.83 bits per heavy atom. The predicted octanol–water partition coefficient (Wildman–Crippen LogP) is 5.54. The van der Waals surface area contributed by atoms with Crippen LogP contribution in [0.2, 0.25) is 0 Å². The van der Waals surface area contributed by atoms with Crippen LogP contribution in [0.15, 0.2) is 59.6 Å². The summed E-state index contributed by atoms with van der Waals surface area (Å²) in [6, 6.07) is 16.1. The third kappa shape index (κ3) is 3.49. The molecule has 3 aromatic rings. The van der Waals surface area contributed by atoms with Crippen molar-refractivity contribution in [1.29, 1.82) is 0 Å². The number of rotatable bonds is 6. The first-order valence-electron chi connectivity index (χ1n) is 8.15. The Balaban J connectivity index is 1.52. The number of ether oxygens (including phenoxy) is 2. The molecule has 0 spiro atoms. The van der Waals surface area contributed by atoms with Gasteiger partial charge >= 0.3 is 0 Å². The molecule has 0 atom stereocenters. The minimum Gasteiger partial charge on any atom is -0.497 e. The fourth-order valence-corrected chi connectivity index (χ4v) is 3.64. The molecule has 0 aliphatic heterocycles. The van der Waals surface area contributed by atoms with E-state index in [4.69, 9.17) is 9.47 Å². The highest BCUT2D eigenvalue weighted by molar-refractivity contribution is 7.99. The van der Waals surface area contributed by atoms with Crippen molar-refractivity contribution in [2.45, 2.75) is 17.7 Å². The first-order chi connectivity index (χ1) is 11.8. The molecule has 0 saturated heterocycles. The third-order valence-electron chi connectivity index (χ3n) is 4.14. The van der Waals surface area contributed by atoms with E-state index in [1.807, 2.05) is 48.2 Å². The number of aromatic nitrogens is 1. The second kappa shape index (κ2) is 6.73. The largest absolute Gasteiger partial charge is 0.497 e. The number of nitrogens with zero attached hydrogens (tertiary/aromatic N) is 1. The Labute approximate surface area is 146 Å². The van der Waals surface area contributed by atoms with Crippen LogP contribution in [0.25, 0.3) is 10.9 Å². The number of methoxy groups -OCH3 is 1. The molecule has 0 amide bonds. The van der Waals surface area contributed by atoms with Crippen molar-refractivity contribution in [1.82, 2.24) is 4.98 Å². The van der Waals surface area contributed by atoms with Crippen molar-refractivity contribution < 1.29 is 9.47 Å². The van der Waals surface area contributed by atoms with Gasteiger partial charge in [0.25, 0.3) is 0 Å². The molecule has 1 aromatic heterocycles. The number of pyridine rings is 1. The van der Waals surface area contributed by atoms with E-state index in [0.29, 0.717) is 0 Å². The molecular formula is C20H19NO2S. The molecule has 0 N–H and O–H groups in total. The molecule has 4 rings (SSSR count). The van der Waals surface area contributed by atoms with Crippen LogP contribution in [0.5, 0.6) is 17.2 Å². The summed E-state index contributed by atoms with van der Waals surface area (Å²) in [5.41, 5.74) is 0.864. The highest BCUT2D eigenvalue weighted by Gasteiger charge is 2.20. The fraction of sp³-hybridized carbons (Fsp3) is 0.250. The van der Waals surface area contributed by atoms with Gasteiger partial charge in [-0.25, -0.2) is 0 Å². The molecular weight excluding hydrogens is 318 g/mol. The van der Waals surface area contributed by atoms with Crippen LogP contribution in [0.3, 0.4) is 0 Å². The number of fused-ring (bicyclic) bond motifs is 1. The van der Waals surface area contributed by atoms with Crippen molar-refractivity contribution in [3.63, 3.8) is 0 Å². The molecule has 24 heavy (non-hydrogen) atoms. The van der Waals surface area contributed by atoms with Crippen LogP contribution in [0, 0.1) is 5.92 Å². The van der Waals surface area contributed by atoms with Gasteiger partial charge in [0, 0.05) is 28.3 Å². The summed E-state index contributed by atoms with van der Waals surface area (Å²) in [6.07, 6.45) is 4.55. The predicted molar refractivity (Wildman–Crippen MR) is 98.3 cm³/mol. The summed E-state index contributed by atoms with van der Waals surface area (Å²) in [4.78, 5) is 5.69. The van der Waals surface area contributed by atoms with E-state index in [0.717, 1.165) is 34.1 Å². The Bertz CT molecular complexity index is 844. The van der Waals surface area contributed by atoms with Crippen molar-refractivity contribution in [2.75, 3.05) is 12.9 Å². The molecule has 1 fully saturated rings. The fourth-order valence-electron chi connectivity index (χ4n) is 2.55. The molecule has 0 unspecified atom stereocenters. The Morgan fingerprint density at radius 3 is 2.58 bits per heavy atom. The Hall–Kier alpha value is -2.20. The standard InChI is InChI=1S/C20H19NO2S/c1-22-16-6-9-18-19(12-16)21-11-10-20(18)23-15-4-7-17(8-5-15)24-13-14-2-3-14/h4-12,14H,2-3,13H2,1H3. The van der Waals surface area contributed by atoms with Gasteiger partial charge in [0.1, 0.15) is 17.2 Å². The van der Waals surface area contributed by atoms with Gasteiger partial charge in [0.15, 0.2) is 0 Å². The van der Waals surface area contributed by atoms with Crippen molar-refractivity contribution in [3.05, 3.63) is 54.7 Å². The van der Waals surface area contributed by atoms with Gasteiger partial charge in [-0.1, -0.05) is 0 Å². The van der Waals surface area contributed by atoms with E-state index >= 15 is 0 Å². The second-order valence-corrected chi connectivity index (χ2v) is 7.11. The zero-order valence-corrected chi connectivity index (χ0v) is 14.4. The van der Waals surface area contributed by atoms with Crippen LogP contribution in [0.1, 0.15) is 12.8 Å². The van der Waals surface area contributed by atoms with Crippen LogP contribution < -0.4 is 9.47 Å². The quantitative estimate of drug-likeness (QED) is 0.553. The molecule has 0 radical (unpaired) electrons. The summed E-state index contributed by atoms with van der Waals surface area (Å²) in [6.45, 7) is 0. The average molecular weight is 337 g/mol. The smallest absolute Gasteiger partial charge is 0.138 e. The molecule has 1 heterocycles.